The summed E-state index contributed by atoms with van der Waals surface area (Å²) in [5.74, 6) is 0. The minimum atomic E-state index is -0.342. The van der Waals surface area contributed by atoms with Crippen LogP contribution in [0.1, 0.15) is 51.4 Å². The molecule has 106 valence electrons. The Morgan fingerprint density at radius 2 is 1.22 bits per heavy atom. The molecule has 0 amide bonds. The minimum absolute atomic E-state index is 0.204. The molecule has 0 unspecified atom stereocenters. The lowest BCUT2D eigenvalue weighted by atomic mass is 10.0. The monoisotopic (exact) mass is 634 g/mol. The molecule has 0 bridgehead atoms. The predicted molar refractivity (Wildman–Crippen MR) is 103 cm³/mol. The van der Waals surface area contributed by atoms with Crippen molar-refractivity contribution in [1.29, 1.82) is 0 Å². The maximum absolute atomic E-state index is 3.81. The third-order valence-electron chi connectivity index (χ3n) is 3.11. The molecule has 0 saturated heterocycles. The van der Waals surface area contributed by atoms with E-state index in [1.807, 2.05) is 0 Å². The van der Waals surface area contributed by atoms with E-state index in [9.17, 15) is 0 Å². The average molecular weight is 640 g/mol. The molecule has 0 aromatic carbocycles. The molecule has 0 heterocycles. The van der Waals surface area contributed by atoms with Crippen molar-refractivity contribution < 1.29 is 0 Å². The van der Waals surface area contributed by atoms with Gasteiger partial charge in [-0.3, -0.25) is 0 Å². The van der Waals surface area contributed by atoms with Gasteiger partial charge in [-0.25, -0.2) is 0 Å². The van der Waals surface area contributed by atoms with Gasteiger partial charge in [0.2, 0.25) is 0 Å². The van der Waals surface area contributed by atoms with E-state index in [2.05, 4.69) is 95.6 Å². The van der Waals surface area contributed by atoms with Crippen molar-refractivity contribution in [3.63, 3.8) is 0 Å². The van der Waals surface area contributed by atoms with Crippen molar-refractivity contribution >= 4 is 95.6 Å². The standard InChI is InChI=1S/C12H16Br6/c13-9-7-5-3-1-2-4-6-8-11(15,16)12(17,18)10(9)14/h1-8H2. The first kappa shape index (κ1) is 18.7. The molecule has 0 aliphatic heterocycles. The molecule has 0 N–H and O–H groups in total. The number of halogens is 6. The van der Waals surface area contributed by atoms with Gasteiger partial charge in [-0.1, -0.05) is 128 Å². The van der Waals surface area contributed by atoms with Gasteiger partial charge in [0.25, 0.3) is 0 Å². The maximum atomic E-state index is 3.81. The Balaban J connectivity index is 2.97. The lowest BCUT2D eigenvalue weighted by Crippen LogP contribution is -2.35. The molecule has 1 rings (SSSR count). The average Bonchev–Trinajstić information content (AvgIpc) is 2.29. The smallest absolute Gasteiger partial charge is 0.0698 e. The van der Waals surface area contributed by atoms with Crippen LogP contribution in [0.15, 0.2) is 8.96 Å². The molecule has 0 nitrogen and oxygen atoms in total. The fourth-order valence-electron chi connectivity index (χ4n) is 1.93. The summed E-state index contributed by atoms with van der Waals surface area (Å²) in [7, 11) is 0. The highest BCUT2D eigenvalue weighted by molar-refractivity contribution is 9.31. The minimum Gasteiger partial charge on any atom is -0.0698 e. The fraction of sp³-hybridized carbons (Fsp3) is 0.833. The Morgan fingerprint density at radius 1 is 0.722 bits per heavy atom. The molecule has 0 aromatic rings. The van der Waals surface area contributed by atoms with Crippen LogP contribution in [0.3, 0.4) is 0 Å². The van der Waals surface area contributed by atoms with Crippen LogP contribution in [-0.4, -0.2) is 6.47 Å². The van der Waals surface area contributed by atoms with Crippen molar-refractivity contribution in [2.75, 3.05) is 0 Å². The molecule has 6 heteroatoms. The summed E-state index contributed by atoms with van der Waals surface area (Å²) in [5, 5.41) is 0. The summed E-state index contributed by atoms with van der Waals surface area (Å²) in [4.78, 5) is 0. The zero-order valence-corrected chi connectivity index (χ0v) is 19.4. The van der Waals surface area contributed by atoms with Crippen LogP contribution in [0.4, 0.5) is 0 Å². The van der Waals surface area contributed by atoms with Gasteiger partial charge in [0, 0.05) is 8.96 Å². The highest BCUT2D eigenvalue weighted by Crippen LogP contribution is 2.58. The van der Waals surface area contributed by atoms with Crippen molar-refractivity contribution in [3.8, 4) is 0 Å². The van der Waals surface area contributed by atoms with E-state index in [0.29, 0.717) is 0 Å². The van der Waals surface area contributed by atoms with Gasteiger partial charge in [0.1, 0.15) is 6.47 Å². The maximum Gasteiger partial charge on any atom is 0.137 e. The Bertz CT molecular complexity index is 308. The third-order valence-corrected chi connectivity index (χ3v) is 12.8. The summed E-state index contributed by atoms with van der Waals surface area (Å²) in [6.45, 7) is 0. The summed E-state index contributed by atoms with van der Waals surface area (Å²) in [6.07, 6.45) is 9.91. The molecule has 0 fully saturated rings. The van der Waals surface area contributed by atoms with Gasteiger partial charge in [-0.15, -0.1) is 0 Å². The summed E-state index contributed by atoms with van der Waals surface area (Å²) in [5.41, 5.74) is 0. The molecular weight excluding hydrogens is 624 g/mol. The Kier molecular flexibility index (Phi) is 8.61. The first-order valence-electron chi connectivity index (χ1n) is 6.09. The van der Waals surface area contributed by atoms with Gasteiger partial charge in [-0.2, -0.15) is 0 Å². The van der Waals surface area contributed by atoms with Gasteiger partial charge >= 0.3 is 0 Å². The third kappa shape index (κ3) is 5.11. The Hall–Kier alpha value is 2.62. The number of rotatable bonds is 0. The van der Waals surface area contributed by atoms with E-state index >= 15 is 0 Å². The number of hydrogen-bond donors (Lipinski definition) is 0. The van der Waals surface area contributed by atoms with Gasteiger partial charge in [0.15, 0.2) is 0 Å². The quantitative estimate of drug-likeness (QED) is 0.235. The van der Waals surface area contributed by atoms with E-state index in [1.165, 1.54) is 43.0 Å². The van der Waals surface area contributed by atoms with E-state index in [4.69, 9.17) is 0 Å². The second-order valence-corrected chi connectivity index (χ2v) is 13.6. The predicted octanol–water partition coefficient (Wildman–Crippen LogP) is 8.09. The van der Waals surface area contributed by atoms with Crippen LogP contribution in [0, 0.1) is 0 Å². The molecule has 0 saturated carbocycles. The zero-order valence-electron chi connectivity index (χ0n) is 9.92. The van der Waals surface area contributed by atoms with E-state index < -0.39 is 0 Å². The van der Waals surface area contributed by atoms with Crippen LogP contribution in [-0.2, 0) is 0 Å². The first-order valence-corrected chi connectivity index (χ1v) is 10.8. The molecule has 0 radical (unpaired) electrons. The van der Waals surface area contributed by atoms with E-state index in [0.717, 1.165) is 17.3 Å². The van der Waals surface area contributed by atoms with Gasteiger partial charge in [-0.05, 0) is 19.3 Å². The normalized spacial score (nSPS) is 26.3. The van der Waals surface area contributed by atoms with Crippen LogP contribution < -0.4 is 0 Å². The molecule has 0 spiro atoms. The Labute approximate surface area is 160 Å². The SMILES string of the molecule is BrC1=C(Br)C(Br)(Br)C(Br)(Br)CCCCCCCC1. The van der Waals surface area contributed by atoms with Crippen molar-refractivity contribution in [2.24, 2.45) is 0 Å². The van der Waals surface area contributed by atoms with Crippen LogP contribution in [0.2, 0.25) is 0 Å². The lowest BCUT2D eigenvalue weighted by Gasteiger charge is -2.35. The molecule has 1 aliphatic carbocycles. The second-order valence-electron chi connectivity index (χ2n) is 4.62. The van der Waals surface area contributed by atoms with Crippen molar-refractivity contribution in [2.45, 2.75) is 57.8 Å². The zero-order chi connectivity index (χ0) is 13.8. The molecule has 18 heavy (non-hydrogen) atoms. The second kappa shape index (κ2) is 8.30. The van der Waals surface area contributed by atoms with E-state index in [1.54, 1.807) is 0 Å². The lowest BCUT2D eigenvalue weighted by molar-refractivity contribution is 0.564. The van der Waals surface area contributed by atoms with Crippen molar-refractivity contribution in [1.82, 2.24) is 0 Å². The van der Waals surface area contributed by atoms with E-state index in [-0.39, 0.29) is 6.47 Å². The molecular formula is C12H16Br6. The number of hydrogen-bond acceptors (Lipinski definition) is 0. The molecule has 0 aromatic heterocycles. The van der Waals surface area contributed by atoms with Gasteiger partial charge in [0.05, 0.1) is 0 Å². The Morgan fingerprint density at radius 3 is 1.83 bits per heavy atom. The number of alkyl halides is 4. The molecule has 1 aliphatic rings. The summed E-state index contributed by atoms with van der Waals surface area (Å²) >= 11 is 22.6. The highest BCUT2D eigenvalue weighted by atomic mass is 79.9. The van der Waals surface area contributed by atoms with Gasteiger partial charge < -0.3 is 0 Å². The first-order chi connectivity index (χ1) is 8.29. The number of allylic oxidation sites excluding steroid dienone is 2. The summed E-state index contributed by atoms with van der Waals surface area (Å²) < 4.78 is 1.79. The fourth-order valence-corrected chi connectivity index (χ4v) is 5.94. The van der Waals surface area contributed by atoms with Crippen LogP contribution >= 0.6 is 95.6 Å². The largest absolute Gasteiger partial charge is 0.137 e. The van der Waals surface area contributed by atoms with Crippen LogP contribution in [0.25, 0.3) is 0 Å². The summed E-state index contributed by atoms with van der Waals surface area (Å²) in [6, 6.07) is 0. The molecule has 0 atom stereocenters. The van der Waals surface area contributed by atoms with Crippen molar-refractivity contribution in [3.05, 3.63) is 8.96 Å². The van der Waals surface area contributed by atoms with Crippen LogP contribution in [0.5, 0.6) is 0 Å². The topological polar surface area (TPSA) is 0 Å². The highest BCUT2D eigenvalue weighted by Gasteiger charge is 2.47.